The van der Waals surface area contributed by atoms with Crippen molar-refractivity contribution in [2.75, 3.05) is 18.6 Å². The average molecular weight is 209 g/mol. The number of rotatable bonds is 3. The van der Waals surface area contributed by atoms with Crippen molar-refractivity contribution in [2.24, 2.45) is 11.5 Å². The Labute approximate surface area is 88.3 Å². The SMILES string of the molecule is CN(C(N)=O)c1ccc(C(N)CO)cc1. The highest BCUT2D eigenvalue weighted by molar-refractivity contribution is 5.89. The van der Waals surface area contributed by atoms with Crippen LogP contribution in [-0.2, 0) is 0 Å². The lowest BCUT2D eigenvalue weighted by molar-refractivity contribution is 0.255. The van der Waals surface area contributed by atoms with Gasteiger partial charge in [-0.2, -0.15) is 0 Å². The zero-order valence-corrected chi connectivity index (χ0v) is 8.55. The molecule has 0 heterocycles. The minimum absolute atomic E-state index is 0.106. The molecule has 1 unspecified atom stereocenters. The number of nitrogens with two attached hydrogens (primary N) is 2. The van der Waals surface area contributed by atoms with E-state index in [1.54, 1.807) is 31.3 Å². The van der Waals surface area contributed by atoms with E-state index >= 15 is 0 Å². The maximum absolute atomic E-state index is 10.9. The number of urea groups is 1. The van der Waals surface area contributed by atoms with E-state index in [2.05, 4.69) is 0 Å². The Kier molecular flexibility index (Phi) is 3.65. The van der Waals surface area contributed by atoms with Crippen LogP contribution in [-0.4, -0.2) is 24.8 Å². The third-order valence-electron chi connectivity index (χ3n) is 2.24. The Hall–Kier alpha value is -1.59. The number of aliphatic hydroxyl groups excluding tert-OH is 1. The van der Waals surface area contributed by atoms with E-state index < -0.39 is 12.1 Å². The monoisotopic (exact) mass is 209 g/mol. The molecule has 0 aromatic heterocycles. The standard InChI is InChI=1S/C10H15N3O2/c1-13(10(12)15)8-4-2-7(3-5-8)9(11)6-14/h2-5,9,14H,6,11H2,1H3,(H2,12,15). The highest BCUT2D eigenvalue weighted by atomic mass is 16.3. The molecule has 0 saturated heterocycles. The molecule has 0 aliphatic rings. The van der Waals surface area contributed by atoms with Gasteiger partial charge in [-0.15, -0.1) is 0 Å². The second-order valence-electron chi connectivity index (χ2n) is 3.28. The van der Waals surface area contributed by atoms with Crippen molar-refractivity contribution in [3.05, 3.63) is 29.8 Å². The third-order valence-corrected chi connectivity index (χ3v) is 2.24. The Balaban J connectivity index is 2.85. The maximum Gasteiger partial charge on any atom is 0.318 e. The molecule has 0 bridgehead atoms. The van der Waals surface area contributed by atoms with Gasteiger partial charge in [-0.25, -0.2) is 4.79 Å². The summed E-state index contributed by atoms with van der Waals surface area (Å²) in [7, 11) is 1.59. The molecule has 0 saturated carbocycles. The van der Waals surface area contributed by atoms with Gasteiger partial charge in [0.2, 0.25) is 0 Å². The number of primary amides is 1. The van der Waals surface area contributed by atoms with E-state index in [-0.39, 0.29) is 6.61 Å². The van der Waals surface area contributed by atoms with Crippen LogP contribution in [0.1, 0.15) is 11.6 Å². The molecular weight excluding hydrogens is 194 g/mol. The first-order chi connectivity index (χ1) is 7.06. The quantitative estimate of drug-likeness (QED) is 0.663. The molecular formula is C10H15N3O2. The summed E-state index contributed by atoms with van der Waals surface area (Å²) in [5.41, 5.74) is 12.2. The fourth-order valence-corrected chi connectivity index (χ4v) is 1.18. The first-order valence-corrected chi connectivity index (χ1v) is 4.56. The van der Waals surface area contributed by atoms with Crippen molar-refractivity contribution in [1.29, 1.82) is 0 Å². The van der Waals surface area contributed by atoms with Gasteiger partial charge in [0.1, 0.15) is 0 Å². The number of hydrogen-bond donors (Lipinski definition) is 3. The van der Waals surface area contributed by atoms with Crippen LogP contribution in [0.25, 0.3) is 0 Å². The van der Waals surface area contributed by atoms with E-state index in [1.165, 1.54) is 4.90 Å². The number of hydrogen-bond acceptors (Lipinski definition) is 3. The Bertz CT molecular complexity index is 337. The van der Waals surface area contributed by atoms with Gasteiger partial charge in [-0.3, -0.25) is 4.90 Å². The summed E-state index contributed by atoms with van der Waals surface area (Å²) in [6.45, 7) is -0.106. The molecule has 82 valence electrons. The Morgan fingerprint density at radius 2 is 2.00 bits per heavy atom. The smallest absolute Gasteiger partial charge is 0.318 e. The lowest BCUT2D eigenvalue weighted by Crippen LogP contribution is -2.31. The van der Waals surface area contributed by atoms with Gasteiger partial charge < -0.3 is 16.6 Å². The second kappa shape index (κ2) is 4.77. The average Bonchev–Trinajstić information content (AvgIpc) is 2.27. The summed E-state index contributed by atoms with van der Waals surface area (Å²) < 4.78 is 0. The lowest BCUT2D eigenvalue weighted by Gasteiger charge is -2.15. The van der Waals surface area contributed by atoms with Crippen molar-refractivity contribution in [2.45, 2.75) is 6.04 Å². The van der Waals surface area contributed by atoms with E-state index in [4.69, 9.17) is 16.6 Å². The molecule has 0 spiro atoms. The molecule has 1 rings (SSSR count). The number of carbonyl (C=O) groups excluding carboxylic acids is 1. The highest BCUT2D eigenvalue weighted by Gasteiger charge is 2.08. The van der Waals surface area contributed by atoms with Crippen LogP contribution in [0.5, 0.6) is 0 Å². The van der Waals surface area contributed by atoms with Crippen LogP contribution in [0.4, 0.5) is 10.5 Å². The number of amides is 2. The van der Waals surface area contributed by atoms with Crippen LogP contribution in [0.2, 0.25) is 0 Å². The number of anilines is 1. The Morgan fingerprint density at radius 1 is 1.47 bits per heavy atom. The van der Waals surface area contributed by atoms with Crippen LogP contribution >= 0.6 is 0 Å². The van der Waals surface area contributed by atoms with Gasteiger partial charge in [-0.1, -0.05) is 12.1 Å². The number of benzene rings is 1. The number of nitrogens with zero attached hydrogens (tertiary/aromatic N) is 1. The van der Waals surface area contributed by atoms with Crippen molar-refractivity contribution in [3.63, 3.8) is 0 Å². The maximum atomic E-state index is 10.9. The molecule has 2 amide bonds. The van der Waals surface area contributed by atoms with Crippen molar-refractivity contribution >= 4 is 11.7 Å². The van der Waals surface area contributed by atoms with Crippen LogP contribution in [0, 0.1) is 0 Å². The summed E-state index contributed by atoms with van der Waals surface area (Å²) in [6, 6.07) is 6.07. The zero-order valence-electron chi connectivity index (χ0n) is 8.55. The van der Waals surface area contributed by atoms with Gasteiger partial charge in [0.25, 0.3) is 0 Å². The molecule has 1 aromatic carbocycles. The summed E-state index contributed by atoms with van der Waals surface area (Å²) in [5.74, 6) is 0. The minimum atomic E-state index is -0.519. The van der Waals surface area contributed by atoms with E-state index in [0.29, 0.717) is 5.69 Å². The van der Waals surface area contributed by atoms with E-state index in [0.717, 1.165) is 5.56 Å². The van der Waals surface area contributed by atoms with Crippen LogP contribution in [0.3, 0.4) is 0 Å². The van der Waals surface area contributed by atoms with Crippen LogP contribution in [0.15, 0.2) is 24.3 Å². The second-order valence-corrected chi connectivity index (χ2v) is 3.28. The molecule has 1 aromatic rings. The highest BCUT2D eigenvalue weighted by Crippen LogP contribution is 2.16. The predicted molar refractivity (Wildman–Crippen MR) is 58.4 cm³/mol. The molecule has 15 heavy (non-hydrogen) atoms. The largest absolute Gasteiger partial charge is 0.394 e. The van der Waals surface area contributed by atoms with Gasteiger partial charge >= 0.3 is 6.03 Å². The molecule has 5 nitrogen and oxygen atoms in total. The normalized spacial score (nSPS) is 12.2. The van der Waals surface area contributed by atoms with Crippen LogP contribution < -0.4 is 16.4 Å². The fraction of sp³-hybridized carbons (Fsp3) is 0.300. The van der Waals surface area contributed by atoms with Gasteiger partial charge in [-0.05, 0) is 17.7 Å². The molecule has 0 aliphatic carbocycles. The summed E-state index contributed by atoms with van der Waals surface area (Å²) in [6.07, 6.45) is 0. The minimum Gasteiger partial charge on any atom is -0.394 e. The van der Waals surface area contributed by atoms with E-state index in [9.17, 15) is 4.79 Å². The summed E-state index contributed by atoms with van der Waals surface area (Å²) in [5, 5.41) is 8.85. The summed E-state index contributed by atoms with van der Waals surface area (Å²) in [4.78, 5) is 12.2. The first-order valence-electron chi connectivity index (χ1n) is 4.56. The topological polar surface area (TPSA) is 92.6 Å². The predicted octanol–water partition coefficient (Wildman–Crippen LogP) is 0.194. The molecule has 5 heteroatoms. The lowest BCUT2D eigenvalue weighted by atomic mass is 10.1. The number of aliphatic hydroxyl groups is 1. The van der Waals surface area contributed by atoms with E-state index in [1.807, 2.05) is 0 Å². The van der Waals surface area contributed by atoms with Gasteiger partial charge in [0, 0.05) is 12.7 Å². The van der Waals surface area contributed by atoms with Crippen molar-refractivity contribution in [1.82, 2.24) is 0 Å². The third kappa shape index (κ3) is 2.68. The molecule has 0 aliphatic heterocycles. The molecule has 1 atom stereocenters. The molecule has 0 radical (unpaired) electrons. The van der Waals surface area contributed by atoms with Gasteiger partial charge in [0.15, 0.2) is 0 Å². The first kappa shape index (κ1) is 11.5. The fourth-order valence-electron chi connectivity index (χ4n) is 1.18. The molecule has 5 N–H and O–H groups in total. The zero-order chi connectivity index (χ0) is 11.4. The van der Waals surface area contributed by atoms with Crippen molar-refractivity contribution < 1.29 is 9.90 Å². The van der Waals surface area contributed by atoms with Gasteiger partial charge in [0.05, 0.1) is 12.6 Å². The molecule has 0 fully saturated rings. The Morgan fingerprint density at radius 3 is 2.40 bits per heavy atom. The summed E-state index contributed by atoms with van der Waals surface area (Å²) >= 11 is 0. The number of carbonyl (C=O) groups is 1. The van der Waals surface area contributed by atoms with Crippen molar-refractivity contribution in [3.8, 4) is 0 Å².